The maximum absolute atomic E-state index is 14.3. The molecule has 30 heavy (non-hydrogen) atoms. The number of benzene rings is 2. The largest absolute Gasteiger partial charge is 0.468 e. The normalized spacial score (nSPS) is 14.0. The highest BCUT2D eigenvalue weighted by atomic mass is 32.2. The van der Waals surface area contributed by atoms with Crippen molar-refractivity contribution in [2.45, 2.75) is 5.75 Å². The molecular formula is C21H13FN2O5S. The molecule has 1 aromatic heterocycles. The first kappa shape index (κ1) is 19.6. The van der Waals surface area contributed by atoms with Crippen LogP contribution in [0.3, 0.4) is 0 Å². The molecule has 0 atom stereocenters. The Kier molecular flexibility index (Phi) is 5.20. The first-order valence-electron chi connectivity index (χ1n) is 8.75. The number of hydrogen-bond donors (Lipinski definition) is 0. The maximum Gasteiger partial charge on any atom is 0.272 e. The van der Waals surface area contributed by atoms with Crippen molar-refractivity contribution in [3.8, 4) is 0 Å². The third-order valence-electron chi connectivity index (χ3n) is 4.44. The van der Waals surface area contributed by atoms with Gasteiger partial charge in [-0.3, -0.25) is 19.7 Å². The number of carbonyl (C=O) groups is 2. The number of halogens is 1. The van der Waals surface area contributed by atoms with E-state index in [-0.39, 0.29) is 27.6 Å². The van der Waals surface area contributed by atoms with Gasteiger partial charge in [0.05, 0.1) is 33.1 Å². The van der Waals surface area contributed by atoms with Gasteiger partial charge in [0.2, 0.25) is 0 Å². The van der Waals surface area contributed by atoms with Crippen molar-refractivity contribution < 1.29 is 23.3 Å². The fourth-order valence-electron chi connectivity index (χ4n) is 3.04. The molecule has 0 aliphatic carbocycles. The zero-order valence-corrected chi connectivity index (χ0v) is 16.1. The van der Waals surface area contributed by atoms with Gasteiger partial charge in [-0.1, -0.05) is 12.1 Å². The predicted molar refractivity (Wildman–Crippen MR) is 109 cm³/mol. The quantitative estimate of drug-likeness (QED) is 0.328. The Morgan fingerprint density at radius 3 is 2.37 bits per heavy atom. The molecule has 9 heteroatoms. The first-order valence-corrected chi connectivity index (χ1v) is 9.73. The van der Waals surface area contributed by atoms with E-state index in [4.69, 9.17) is 4.42 Å². The molecule has 0 fully saturated rings. The van der Waals surface area contributed by atoms with Crippen LogP contribution in [-0.4, -0.2) is 16.7 Å². The Bertz CT molecular complexity index is 1170. The molecule has 4 rings (SSSR count). The molecule has 1 aliphatic rings. The summed E-state index contributed by atoms with van der Waals surface area (Å²) in [5, 5.41) is 10.9. The van der Waals surface area contributed by atoms with Crippen molar-refractivity contribution in [3.05, 3.63) is 99.1 Å². The number of rotatable bonds is 6. The minimum atomic E-state index is -0.709. The van der Waals surface area contributed by atoms with Crippen LogP contribution >= 0.6 is 11.8 Å². The molecule has 3 aromatic rings. The summed E-state index contributed by atoms with van der Waals surface area (Å²) in [6, 6.07) is 14.2. The van der Waals surface area contributed by atoms with Gasteiger partial charge in [-0.2, -0.15) is 0 Å². The van der Waals surface area contributed by atoms with Crippen LogP contribution < -0.4 is 4.90 Å². The summed E-state index contributed by atoms with van der Waals surface area (Å²) in [5.74, 6) is -1.18. The van der Waals surface area contributed by atoms with E-state index < -0.39 is 22.6 Å². The number of para-hydroxylation sites is 1. The molecule has 2 amide bonds. The molecule has 0 radical (unpaired) electrons. The molecule has 7 nitrogen and oxygen atoms in total. The monoisotopic (exact) mass is 424 g/mol. The van der Waals surface area contributed by atoms with Gasteiger partial charge in [-0.15, -0.1) is 11.8 Å². The molecule has 1 aliphatic heterocycles. The number of furan rings is 1. The number of anilines is 1. The number of nitrogens with zero attached hydrogens (tertiary/aromatic N) is 2. The smallest absolute Gasteiger partial charge is 0.272 e. The Labute approximate surface area is 173 Å². The number of nitro groups is 1. The van der Waals surface area contributed by atoms with Gasteiger partial charge >= 0.3 is 0 Å². The maximum atomic E-state index is 14.3. The van der Waals surface area contributed by atoms with Gasteiger partial charge in [0.15, 0.2) is 0 Å². The number of amides is 2. The number of nitro benzene ring substituents is 1. The lowest BCUT2D eigenvalue weighted by Crippen LogP contribution is -2.32. The molecule has 2 heterocycles. The summed E-state index contributed by atoms with van der Waals surface area (Å²) in [5.41, 5.74) is 0.0989. The van der Waals surface area contributed by atoms with Crippen molar-refractivity contribution in [2.75, 3.05) is 4.90 Å². The molecule has 0 N–H and O–H groups in total. The van der Waals surface area contributed by atoms with Crippen molar-refractivity contribution in [3.63, 3.8) is 0 Å². The number of carbonyl (C=O) groups excluding carboxylic acids is 2. The van der Waals surface area contributed by atoms with E-state index in [1.165, 1.54) is 48.7 Å². The van der Waals surface area contributed by atoms with E-state index in [1.54, 1.807) is 12.1 Å². The van der Waals surface area contributed by atoms with Gasteiger partial charge in [0.25, 0.3) is 17.5 Å². The van der Waals surface area contributed by atoms with Crippen LogP contribution in [0.1, 0.15) is 11.3 Å². The van der Waals surface area contributed by atoms with Crippen LogP contribution in [0.15, 0.2) is 76.2 Å². The van der Waals surface area contributed by atoms with Gasteiger partial charge < -0.3 is 4.42 Å². The van der Waals surface area contributed by atoms with Crippen molar-refractivity contribution in [2.24, 2.45) is 0 Å². The third-order valence-corrected chi connectivity index (χ3v) is 5.54. The number of non-ortho nitro benzene ring substituents is 1. The second-order valence-electron chi connectivity index (χ2n) is 6.27. The second-order valence-corrected chi connectivity index (χ2v) is 7.26. The van der Waals surface area contributed by atoms with Gasteiger partial charge in [0, 0.05) is 12.1 Å². The fourth-order valence-corrected chi connectivity index (χ4v) is 4.05. The number of thioether (sulfide) groups is 1. The lowest BCUT2D eigenvalue weighted by atomic mass is 10.1. The molecule has 0 spiro atoms. The highest BCUT2D eigenvalue weighted by Gasteiger charge is 2.41. The van der Waals surface area contributed by atoms with E-state index in [1.807, 2.05) is 0 Å². The first-order chi connectivity index (χ1) is 14.5. The van der Waals surface area contributed by atoms with Gasteiger partial charge in [0.1, 0.15) is 11.6 Å². The highest BCUT2D eigenvalue weighted by molar-refractivity contribution is 8.03. The van der Waals surface area contributed by atoms with Crippen LogP contribution in [0.25, 0.3) is 5.57 Å². The van der Waals surface area contributed by atoms with E-state index in [0.29, 0.717) is 11.3 Å². The standard InChI is InChI=1S/C21H13FN2O5S/c22-16-5-1-2-6-17(16)23-20(25)18(13-7-9-14(10-8-13)24(27)28)19(21(23)26)30-12-15-4-3-11-29-15/h1-11H,12H2. The van der Waals surface area contributed by atoms with Crippen molar-refractivity contribution >= 4 is 40.5 Å². The Morgan fingerprint density at radius 1 is 1.00 bits per heavy atom. The van der Waals surface area contributed by atoms with E-state index in [9.17, 15) is 24.1 Å². The summed E-state index contributed by atoms with van der Waals surface area (Å²) in [6.07, 6.45) is 1.49. The van der Waals surface area contributed by atoms with Gasteiger partial charge in [-0.25, -0.2) is 9.29 Å². The minimum absolute atomic E-state index is 0.0645. The second kappa shape index (κ2) is 7.96. The zero-order valence-electron chi connectivity index (χ0n) is 15.3. The average Bonchev–Trinajstić information content (AvgIpc) is 3.33. The van der Waals surface area contributed by atoms with Crippen LogP contribution in [0, 0.1) is 15.9 Å². The summed E-state index contributed by atoms with van der Waals surface area (Å²) in [7, 11) is 0. The summed E-state index contributed by atoms with van der Waals surface area (Å²) < 4.78 is 19.6. The third kappa shape index (κ3) is 3.50. The van der Waals surface area contributed by atoms with E-state index in [2.05, 4.69) is 0 Å². The SMILES string of the molecule is O=C1C(SCc2ccco2)=C(c2ccc([N+](=O)[O-])cc2)C(=O)N1c1ccccc1F. The number of imide groups is 1. The Balaban J connectivity index is 1.77. The molecule has 2 aromatic carbocycles. The molecule has 0 saturated heterocycles. The summed E-state index contributed by atoms with van der Waals surface area (Å²) in [6.45, 7) is 0. The van der Waals surface area contributed by atoms with Crippen LogP contribution in [0.5, 0.6) is 0 Å². The Morgan fingerprint density at radius 2 is 1.73 bits per heavy atom. The van der Waals surface area contributed by atoms with Crippen LogP contribution in [0.2, 0.25) is 0 Å². The molecule has 0 saturated carbocycles. The molecule has 0 unspecified atom stereocenters. The van der Waals surface area contributed by atoms with E-state index in [0.717, 1.165) is 22.7 Å². The molecule has 150 valence electrons. The summed E-state index contributed by atoms with van der Waals surface area (Å²) in [4.78, 5) is 37.6. The van der Waals surface area contributed by atoms with E-state index >= 15 is 0 Å². The van der Waals surface area contributed by atoms with Crippen LogP contribution in [0.4, 0.5) is 15.8 Å². The predicted octanol–water partition coefficient (Wildman–Crippen LogP) is 4.54. The van der Waals surface area contributed by atoms with Crippen molar-refractivity contribution in [1.82, 2.24) is 0 Å². The lowest BCUT2D eigenvalue weighted by Gasteiger charge is -2.15. The van der Waals surface area contributed by atoms with Crippen LogP contribution in [-0.2, 0) is 15.3 Å². The minimum Gasteiger partial charge on any atom is -0.468 e. The van der Waals surface area contributed by atoms with Crippen molar-refractivity contribution in [1.29, 1.82) is 0 Å². The zero-order chi connectivity index (χ0) is 21.3. The topological polar surface area (TPSA) is 93.7 Å². The highest BCUT2D eigenvalue weighted by Crippen LogP contribution is 2.40. The fraction of sp³-hybridized carbons (Fsp3) is 0.0476. The van der Waals surface area contributed by atoms with Gasteiger partial charge in [-0.05, 0) is 42.0 Å². The lowest BCUT2D eigenvalue weighted by molar-refractivity contribution is -0.384. The Hall–Kier alpha value is -3.72. The summed E-state index contributed by atoms with van der Waals surface area (Å²) >= 11 is 1.09. The molecule has 0 bridgehead atoms. The molecular weight excluding hydrogens is 411 g/mol. The average molecular weight is 424 g/mol. The number of hydrogen-bond acceptors (Lipinski definition) is 6.